The van der Waals surface area contributed by atoms with Gasteiger partial charge in [-0.1, -0.05) is 12.1 Å². The van der Waals surface area contributed by atoms with E-state index in [9.17, 15) is 14.0 Å². The van der Waals surface area contributed by atoms with E-state index in [1.54, 1.807) is 24.3 Å². The number of halogens is 2. The van der Waals surface area contributed by atoms with Crippen molar-refractivity contribution in [2.24, 2.45) is 11.7 Å². The zero-order chi connectivity index (χ0) is 21.3. The van der Waals surface area contributed by atoms with Gasteiger partial charge in [0.1, 0.15) is 11.6 Å². The standard InChI is InChI=1S/C22H27FN4O3.ClH/c23-18-5-1-15(2-6-18)20-9-10-25-13-17(20)14-30-19-7-3-16(4-8-19)21(28)26-11-12-27-22(24)29;/h1-8,17,20,25H,9-14H2,(H,26,28)(H3,24,27,29);1H/t17-,20-;/m0./s1. The molecule has 0 unspecified atom stereocenters. The van der Waals surface area contributed by atoms with E-state index in [1.165, 1.54) is 12.1 Å². The predicted octanol–water partition coefficient (Wildman–Crippen LogP) is 2.42. The minimum Gasteiger partial charge on any atom is -0.493 e. The Hall–Kier alpha value is -2.84. The van der Waals surface area contributed by atoms with Crippen molar-refractivity contribution in [1.29, 1.82) is 0 Å². The van der Waals surface area contributed by atoms with Gasteiger partial charge >= 0.3 is 6.03 Å². The molecule has 0 bridgehead atoms. The highest BCUT2D eigenvalue weighted by Crippen LogP contribution is 2.31. The molecule has 1 aliphatic rings. The molecular formula is C22H28ClFN4O3. The Morgan fingerprint density at radius 3 is 2.42 bits per heavy atom. The minimum absolute atomic E-state index is 0. The first kappa shape index (κ1) is 24.4. The van der Waals surface area contributed by atoms with E-state index in [-0.39, 0.29) is 36.6 Å². The number of primary amides is 1. The number of amides is 3. The molecule has 3 amide bonds. The Labute approximate surface area is 187 Å². The number of nitrogens with one attached hydrogen (secondary N) is 3. The highest BCUT2D eigenvalue weighted by molar-refractivity contribution is 5.94. The van der Waals surface area contributed by atoms with E-state index in [0.717, 1.165) is 25.1 Å². The maximum Gasteiger partial charge on any atom is 0.312 e. The number of benzene rings is 2. The predicted molar refractivity (Wildman–Crippen MR) is 119 cm³/mol. The van der Waals surface area contributed by atoms with Gasteiger partial charge < -0.3 is 26.4 Å². The second-order valence-corrected chi connectivity index (χ2v) is 7.29. The quantitative estimate of drug-likeness (QED) is 0.463. The Kier molecular flexibility index (Phi) is 9.55. The number of hydrogen-bond acceptors (Lipinski definition) is 4. The summed E-state index contributed by atoms with van der Waals surface area (Å²) in [5.41, 5.74) is 6.60. The molecule has 1 fully saturated rings. The van der Waals surface area contributed by atoms with Crippen molar-refractivity contribution in [2.75, 3.05) is 32.8 Å². The van der Waals surface area contributed by atoms with Crippen LogP contribution in [0.1, 0.15) is 28.3 Å². The lowest BCUT2D eigenvalue weighted by Crippen LogP contribution is -2.38. The molecule has 1 aliphatic heterocycles. The first-order valence-electron chi connectivity index (χ1n) is 10.0. The highest BCUT2D eigenvalue weighted by Gasteiger charge is 2.27. The van der Waals surface area contributed by atoms with E-state index in [2.05, 4.69) is 16.0 Å². The summed E-state index contributed by atoms with van der Waals surface area (Å²) < 4.78 is 19.2. The van der Waals surface area contributed by atoms with Gasteiger partial charge in [0.15, 0.2) is 0 Å². The summed E-state index contributed by atoms with van der Waals surface area (Å²) in [5, 5.41) is 8.50. The second kappa shape index (κ2) is 12.1. The van der Waals surface area contributed by atoms with Crippen LogP contribution in [0.25, 0.3) is 0 Å². The Morgan fingerprint density at radius 2 is 1.74 bits per heavy atom. The molecule has 0 aromatic heterocycles. The van der Waals surface area contributed by atoms with Gasteiger partial charge in [-0.3, -0.25) is 4.79 Å². The van der Waals surface area contributed by atoms with Gasteiger partial charge in [0.25, 0.3) is 5.91 Å². The van der Waals surface area contributed by atoms with Crippen LogP contribution in [0.5, 0.6) is 5.75 Å². The average molecular weight is 451 g/mol. The molecule has 2 atom stereocenters. The van der Waals surface area contributed by atoms with Crippen LogP contribution >= 0.6 is 12.4 Å². The van der Waals surface area contributed by atoms with Gasteiger partial charge in [0.2, 0.25) is 0 Å². The molecule has 0 aliphatic carbocycles. The van der Waals surface area contributed by atoms with E-state index in [1.807, 2.05) is 12.1 Å². The molecule has 168 valence electrons. The van der Waals surface area contributed by atoms with Crippen LogP contribution in [-0.2, 0) is 0 Å². The van der Waals surface area contributed by atoms with Crippen LogP contribution in [0.2, 0.25) is 0 Å². The molecular weight excluding hydrogens is 423 g/mol. The topological polar surface area (TPSA) is 105 Å². The average Bonchev–Trinajstić information content (AvgIpc) is 2.76. The number of carbonyl (C=O) groups is 2. The molecule has 5 N–H and O–H groups in total. The van der Waals surface area contributed by atoms with Crippen LogP contribution in [0, 0.1) is 11.7 Å². The van der Waals surface area contributed by atoms with Crippen LogP contribution in [0.3, 0.4) is 0 Å². The fourth-order valence-corrected chi connectivity index (χ4v) is 3.62. The smallest absolute Gasteiger partial charge is 0.312 e. The number of ether oxygens (including phenoxy) is 1. The molecule has 7 nitrogen and oxygen atoms in total. The molecule has 1 saturated heterocycles. The van der Waals surface area contributed by atoms with Crippen molar-refractivity contribution in [1.82, 2.24) is 16.0 Å². The van der Waals surface area contributed by atoms with Gasteiger partial charge in [-0.15, -0.1) is 12.4 Å². The van der Waals surface area contributed by atoms with E-state index in [0.29, 0.717) is 30.4 Å². The fraction of sp³-hybridized carbons (Fsp3) is 0.364. The maximum atomic E-state index is 13.2. The van der Waals surface area contributed by atoms with Crippen molar-refractivity contribution in [3.8, 4) is 5.75 Å². The molecule has 1 heterocycles. The van der Waals surface area contributed by atoms with Crippen LogP contribution in [-0.4, -0.2) is 44.7 Å². The molecule has 31 heavy (non-hydrogen) atoms. The number of piperidine rings is 1. The minimum atomic E-state index is -0.624. The van der Waals surface area contributed by atoms with Crippen LogP contribution in [0.4, 0.5) is 9.18 Å². The highest BCUT2D eigenvalue weighted by atomic mass is 35.5. The van der Waals surface area contributed by atoms with Crippen LogP contribution in [0.15, 0.2) is 48.5 Å². The van der Waals surface area contributed by atoms with E-state index in [4.69, 9.17) is 10.5 Å². The summed E-state index contributed by atoms with van der Waals surface area (Å²) in [4.78, 5) is 22.7. The Morgan fingerprint density at radius 1 is 1.06 bits per heavy atom. The largest absolute Gasteiger partial charge is 0.493 e. The number of carbonyl (C=O) groups excluding carboxylic acids is 2. The van der Waals surface area contributed by atoms with Gasteiger partial charge in [-0.05, 0) is 60.8 Å². The Bertz CT molecular complexity index is 849. The van der Waals surface area contributed by atoms with E-state index < -0.39 is 6.03 Å². The molecule has 2 aromatic carbocycles. The van der Waals surface area contributed by atoms with Gasteiger partial charge in [0, 0.05) is 31.1 Å². The third-order valence-electron chi connectivity index (χ3n) is 5.20. The normalized spacial score (nSPS) is 17.8. The van der Waals surface area contributed by atoms with Crippen molar-refractivity contribution >= 4 is 24.3 Å². The fourth-order valence-electron chi connectivity index (χ4n) is 3.62. The van der Waals surface area contributed by atoms with Gasteiger partial charge in [0.05, 0.1) is 6.61 Å². The number of hydrogen-bond donors (Lipinski definition) is 4. The zero-order valence-electron chi connectivity index (χ0n) is 17.1. The number of rotatable bonds is 8. The number of nitrogens with two attached hydrogens (primary N) is 1. The van der Waals surface area contributed by atoms with Crippen molar-refractivity contribution < 1.29 is 18.7 Å². The summed E-state index contributed by atoms with van der Waals surface area (Å²) in [5.74, 6) is 0.802. The monoisotopic (exact) mass is 450 g/mol. The molecule has 0 radical (unpaired) electrons. The van der Waals surface area contributed by atoms with Gasteiger partial charge in [-0.25, -0.2) is 9.18 Å². The third kappa shape index (κ3) is 7.41. The molecule has 0 saturated carbocycles. The van der Waals surface area contributed by atoms with Crippen molar-refractivity contribution in [3.63, 3.8) is 0 Å². The van der Waals surface area contributed by atoms with Crippen LogP contribution < -0.4 is 26.4 Å². The summed E-state index contributed by atoms with van der Waals surface area (Å²) in [7, 11) is 0. The number of urea groups is 1. The third-order valence-corrected chi connectivity index (χ3v) is 5.20. The first-order chi connectivity index (χ1) is 14.5. The zero-order valence-corrected chi connectivity index (χ0v) is 17.9. The van der Waals surface area contributed by atoms with Crippen molar-refractivity contribution in [3.05, 3.63) is 65.5 Å². The van der Waals surface area contributed by atoms with Gasteiger partial charge in [-0.2, -0.15) is 0 Å². The second-order valence-electron chi connectivity index (χ2n) is 7.29. The lowest BCUT2D eigenvalue weighted by Gasteiger charge is -2.32. The molecule has 3 rings (SSSR count). The summed E-state index contributed by atoms with van der Waals surface area (Å²) in [6.45, 7) is 2.85. The lowest BCUT2D eigenvalue weighted by atomic mass is 9.81. The van der Waals surface area contributed by atoms with Crippen molar-refractivity contribution in [2.45, 2.75) is 12.3 Å². The first-order valence-corrected chi connectivity index (χ1v) is 10.0. The molecule has 2 aromatic rings. The summed E-state index contributed by atoms with van der Waals surface area (Å²) in [6.07, 6.45) is 0.976. The maximum absolute atomic E-state index is 13.2. The lowest BCUT2D eigenvalue weighted by molar-refractivity contribution is 0.0954. The SMILES string of the molecule is Cl.NC(=O)NCCNC(=O)c1ccc(OC[C@@H]2CNCC[C@H]2c2ccc(F)cc2)cc1. The Balaban J connectivity index is 0.00000341. The molecule has 0 spiro atoms. The molecule has 9 heteroatoms. The summed E-state index contributed by atoms with van der Waals surface area (Å²) >= 11 is 0. The summed E-state index contributed by atoms with van der Waals surface area (Å²) in [6, 6.07) is 13.0. The van der Waals surface area contributed by atoms with E-state index >= 15 is 0 Å².